The fraction of sp³-hybridized carbons (Fsp3) is 0.692. The molecule has 3 unspecified atom stereocenters. The maximum atomic E-state index is 6.02. The van der Waals surface area contributed by atoms with Gasteiger partial charge >= 0.3 is 0 Å². The molecule has 0 aliphatic carbocycles. The molecule has 0 saturated carbocycles. The van der Waals surface area contributed by atoms with Crippen molar-refractivity contribution in [3.8, 4) is 0 Å². The van der Waals surface area contributed by atoms with E-state index >= 15 is 0 Å². The van der Waals surface area contributed by atoms with E-state index < -0.39 is 0 Å². The molecule has 2 heterocycles. The second kappa shape index (κ2) is 6.32. The molecule has 1 saturated heterocycles. The Balaban J connectivity index is 2.10. The number of hydrogen-bond donors (Lipinski definition) is 1. The van der Waals surface area contributed by atoms with E-state index in [4.69, 9.17) is 4.74 Å². The van der Waals surface area contributed by atoms with Crippen molar-refractivity contribution in [3.05, 3.63) is 20.8 Å². The molecular weight excluding hydrogens is 298 g/mol. The summed E-state index contributed by atoms with van der Waals surface area (Å²) in [4.78, 5) is 0. The average molecular weight is 318 g/mol. The molecule has 0 spiro atoms. The maximum Gasteiger partial charge on any atom is 0.0775 e. The molecule has 1 aliphatic heterocycles. The Labute approximate surface area is 116 Å². The number of halogens is 1. The van der Waals surface area contributed by atoms with Gasteiger partial charge < -0.3 is 10.1 Å². The third kappa shape index (κ3) is 3.31. The number of ether oxygens (including phenoxy) is 1. The summed E-state index contributed by atoms with van der Waals surface area (Å²) in [5.41, 5.74) is 1.35. The zero-order valence-electron chi connectivity index (χ0n) is 10.4. The Morgan fingerprint density at radius 3 is 2.88 bits per heavy atom. The quantitative estimate of drug-likeness (QED) is 0.882. The number of hydrogen-bond acceptors (Lipinski definition) is 3. The molecule has 96 valence electrons. The average Bonchev–Trinajstić information content (AvgIpc) is 2.90. The predicted octanol–water partition coefficient (Wildman–Crippen LogP) is 4.12. The first-order valence-electron chi connectivity index (χ1n) is 6.32. The summed E-state index contributed by atoms with van der Waals surface area (Å²) < 4.78 is 7.23. The van der Waals surface area contributed by atoms with Crippen LogP contribution in [0.5, 0.6) is 0 Å². The topological polar surface area (TPSA) is 21.3 Å². The summed E-state index contributed by atoms with van der Waals surface area (Å²) in [5.74, 6) is 0. The predicted molar refractivity (Wildman–Crippen MR) is 76.6 cm³/mol. The molecule has 3 atom stereocenters. The van der Waals surface area contributed by atoms with Gasteiger partial charge in [-0.3, -0.25) is 0 Å². The number of rotatable bonds is 5. The number of nitrogens with one attached hydrogen (secondary N) is 1. The van der Waals surface area contributed by atoms with E-state index in [0.717, 1.165) is 19.4 Å². The normalized spacial score (nSPS) is 26.3. The van der Waals surface area contributed by atoms with Gasteiger partial charge in [0, 0.05) is 9.85 Å². The van der Waals surface area contributed by atoms with Gasteiger partial charge in [-0.25, -0.2) is 0 Å². The van der Waals surface area contributed by atoms with Crippen LogP contribution in [-0.4, -0.2) is 18.8 Å². The van der Waals surface area contributed by atoms with Gasteiger partial charge in [0.05, 0.1) is 18.2 Å². The van der Waals surface area contributed by atoms with E-state index in [2.05, 4.69) is 45.9 Å². The zero-order chi connectivity index (χ0) is 12.3. The first-order chi connectivity index (χ1) is 8.22. The molecular formula is C13H20BrNOS. The summed E-state index contributed by atoms with van der Waals surface area (Å²) in [7, 11) is 0. The van der Waals surface area contributed by atoms with Gasteiger partial charge in [-0.2, -0.15) is 11.3 Å². The van der Waals surface area contributed by atoms with E-state index in [1.807, 2.05) is 0 Å². The van der Waals surface area contributed by atoms with E-state index in [0.29, 0.717) is 18.2 Å². The molecule has 1 aliphatic rings. The molecule has 1 aromatic rings. The maximum absolute atomic E-state index is 6.02. The molecule has 1 fully saturated rings. The molecule has 0 bridgehead atoms. The number of thiophene rings is 1. The molecule has 17 heavy (non-hydrogen) atoms. The Hall–Kier alpha value is 0.1000. The Kier molecular flexibility index (Phi) is 5.03. The van der Waals surface area contributed by atoms with Gasteiger partial charge in [-0.15, -0.1) is 0 Å². The van der Waals surface area contributed by atoms with Crippen LogP contribution in [0.2, 0.25) is 0 Å². The third-order valence-electron chi connectivity index (χ3n) is 3.23. The minimum absolute atomic E-state index is 0.322. The van der Waals surface area contributed by atoms with Crippen LogP contribution in [0.25, 0.3) is 0 Å². The fourth-order valence-electron chi connectivity index (χ4n) is 2.33. The van der Waals surface area contributed by atoms with Gasteiger partial charge in [0.25, 0.3) is 0 Å². The van der Waals surface area contributed by atoms with Crippen LogP contribution in [0.3, 0.4) is 0 Å². The molecule has 1 N–H and O–H groups in total. The van der Waals surface area contributed by atoms with Crippen LogP contribution in [0, 0.1) is 0 Å². The highest BCUT2D eigenvalue weighted by molar-refractivity contribution is 9.10. The first-order valence-corrected chi connectivity index (χ1v) is 8.06. The van der Waals surface area contributed by atoms with E-state index in [1.54, 1.807) is 11.3 Å². The zero-order valence-corrected chi connectivity index (χ0v) is 12.8. The summed E-state index contributed by atoms with van der Waals surface area (Å²) in [6.07, 6.45) is 4.22. The van der Waals surface area contributed by atoms with E-state index in [1.165, 1.54) is 16.5 Å². The van der Waals surface area contributed by atoms with Gasteiger partial charge in [0.15, 0.2) is 0 Å². The van der Waals surface area contributed by atoms with Crippen molar-refractivity contribution in [1.29, 1.82) is 0 Å². The summed E-state index contributed by atoms with van der Waals surface area (Å²) >= 11 is 5.38. The SMILES string of the molecule is CCCNC(c1cscc1Br)C1CCC(C)O1. The highest BCUT2D eigenvalue weighted by Crippen LogP contribution is 2.35. The molecule has 0 amide bonds. The highest BCUT2D eigenvalue weighted by atomic mass is 79.9. The summed E-state index contributed by atoms with van der Waals surface area (Å²) in [6.45, 7) is 5.41. The van der Waals surface area contributed by atoms with Crippen molar-refractivity contribution in [3.63, 3.8) is 0 Å². The second-order valence-corrected chi connectivity index (χ2v) is 6.27. The minimum Gasteiger partial charge on any atom is -0.373 e. The lowest BCUT2D eigenvalue weighted by atomic mass is 10.0. The van der Waals surface area contributed by atoms with Crippen LogP contribution in [0.15, 0.2) is 15.2 Å². The molecule has 0 radical (unpaired) electrons. The largest absolute Gasteiger partial charge is 0.373 e. The monoisotopic (exact) mass is 317 g/mol. The smallest absolute Gasteiger partial charge is 0.0775 e. The van der Waals surface area contributed by atoms with Crippen molar-refractivity contribution in [2.75, 3.05) is 6.54 Å². The lowest BCUT2D eigenvalue weighted by Gasteiger charge is -2.25. The Morgan fingerprint density at radius 1 is 1.53 bits per heavy atom. The molecule has 4 heteroatoms. The van der Waals surface area contributed by atoms with Gasteiger partial charge in [0.1, 0.15) is 0 Å². The highest BCUT2D eigenvalue weighted by Gasteiger charge is 2.31. The van der Waals surface area contributed by atoms with E-state index in [9.17, 15) is 0 Å². The van der Waals surface area contributed by atoms with Crippen LogP contribution >= 0.6 is 27.3 Å². The first kappa shape index (κ1) is 13.5. The summed E-state index contributed by atoms with van der Waals surface area (Å²) in [6, 6.07) is 0.334. The van der Waals surface area contributed by atoms with Crippen molar-refractivity contribution >= 4 is 27.3 Å². The van der Waals surface area contributed by atoms with Gasteiger partial charge in [-0.05, 0) is 59.6 Å². The molecule has 1 aromatic heterocycles. The van der Waals surface area contributed by atoms with Crippen molar-refractivity contribution in [2.45, 2.75) is 51.4 Å². The standard InChI is InChI=1S/C13H20BrNOS/c1-3-6-15-13(10-7-17-8-11(10)14)12-5-4-9(2)16-12/h7-9,12-13,15H,3-6H2,1-2H3. The Bertz CT molecular complexity index is 355. The summed E-state index contributed by atoms with van der Waals surface area (Å²) in [5, 5.41) is 8.00. The van der Waals surface area contributed by atoms with E-state index in [-0.39, 0.29) is 0 Å². The Morgan fingerprint density at radius 2 is 2.35 bits per heavy atom. The van der Waals surface area contributed by atoms with Crippen LogP contribution < -0.4 is 5.32 Å². The van der Waals surface area contributed by atoms with Gasteiger partial charge in [-0.1, -0.05) is 6.92 Å². The van der Waals surface area contributed by atoms with Crippen LogP contribution in [0.4, 0.5) is 0 Å². The molecule has 2 nitrogen and oxygen atoms in total. The minimum atomic E-state index is 0.322. The van der Waals surface area contributed by atoms with Crippen molar-refractivity contribution in [2.24, 2.45) is 0 Å². The van der Waals surface area contributed by atoms with Gasteiger partial charge in [0.2, 0.25) is 0 Å². The lowest BCUT2D eigenvalue weighted by molar-refractivity contribution is 0.0316. The lowest BCUT2D eigenvalue weighted by Crippen LogP contribution is -2.32. The fourth-order valence-corrected chi connectivity index (χ4v) is 3.91. The molecule has 2 rings (SSSR count). The van der Waals surface area contributed by atoms with Crippen molar-refractivity contribution < 1.29 is 4.74 Å². The molecule has 0 aromatic carbocycles. The van der Waals surface area contributed by atoms with Crippen LogP contribution in [-0.2, 0) is 4.74 Å². The van der Waals surface area contributed by atoms with Crippen LogP contribution in [0.1, 0.15) is 44.7 Å². The van der Waals surface area contributed by atoms with Crippen molar-refractivity contribution in [1.82, 2.24) is 5.32 Å². The third-order valence-corrected chi connectivity index (χ3v) is 4.98. The second-order valence-electron chi connectivity index (χ2n) is 4.67.